The Labute approximate surface area is 125 Å². The highest BCUT2D eigenvalue weighted by Crippen LogP contribution is 2.17. The monoisotopic (exact) mass is 290 g/mol. The lowest BCUT2D eigenvalue weighted by molar-refractivity contribution is -0.879. The Morgan fingerprint density at radius 1 is 1.14 bits per heavy atom. The highest BCUT2D eigenvalue weighted by atomic mass is 16.2. The van der Waals surface area contributed by atoms with Gasteiger partial charge in [-0.05, 0) is 31.0 Å². The molecule has 114 valence electrons. The Hall–Kier alpha value is -1.88. The van der Waals surface area contributed by atoms with E-state index >= 15 is 0 Å². The molecule has 0 radical (unpaired) electrons. The Morgan fingerprint density at radius 3 is 2.57 bits per heavy atom. The molecule has 1 aromatic rings. The zero-order valence-electron chi connectivity index (χ0n) is 12.8. The van der Waals surface area contributed by atoms with Gasteiger partial charge in [-0.15, -0.1) is 0 Å². The molecule has 0 atom stereocenters. The second-order valence-electron chi connectivity index (χ2n) is 5.71. The van der Waals surface area contributed by atoms with Crippen molar-refractivity contribution in [1.82, 2.24) is 5.32 Å². The summed E-state index contributed by atoms with van der Waals surface area (Å²) in [7, 11) is 0. The van der Waals surface area contributed by atoms with Crippen molar-refractivity contribution in [2.24, 2.45) is 0 Å². The van der Waals surface area contributed by atoms with Gasteiger partial charge in [-0.25, -0.2) is 0 Å². The number of likely N-dealkylation sites (tertiary alicyclic amines) is 1. The van der Waals surface area contributed by atoms with E-state index in [2.05, 4.69) is 10.6 Å². The van der Waals surface area contributed by atoms with Crippen molar-refractivity contribution in [3.8, 4) is 0 Å². The first kappa shape index (κ1) is 15.5. The number of carbonyl (C=O) groups is 2. The number of anilines is 1. The normalized spacial score (nSPS) is 15.0. The molecule has 5 heteroatoms. The van der Waals surface area contributed by atoms with Crippen LogP contribution in [0.5, 0.6) is 0 Å². The Kier molecular flexibility index (Phi) is 5.33. The Morgan fingerprint density at radius 2 is 1.86 bits per heavy atom. The van der Waals surface area contributed by atoms with Crippen molar-refractivity contribution in [2.45, 2.75) is 26.7 Å². The SMILES string of the molecule is Cc1cccc(NC(=O)CNC(=O)C[NH+]2CCCC2)c1C. The van der Waals surface area contributed by atoms with E-state index in [0.717, 1.165) is 29.9 Å². The molecule has 3 N–H and O–H groups in total. The van der Waals surface area contributed by atoms with E-state index in [1.807, 2.05) is 32.0 Å². The summed E-state index contributed by atoms with van der Waals surface area (Å²) < 4.78 is 0. The molecule has 5 nitrogen and oxygen atoms in total. The van der Waals surface area contributed by atoms with Crippen LogP contribution in [0, 0.1) is 13.8 Å². The maximum Gasteiger partial charge on any atom is 0.275 e. The van der Waals surface area contributed by atoms with Crippen molar-refractivity contribution >= 4 is 17.5 Å². The first-order chi connectivity index (χ1) is 10.1. The molecule has 1 saturated heterocycles. The summed E-state index contributed by atoms with van der Waals surface area (Å²) in [5.74, 6) is -0.239. The zero-order chi connectivity index (χ0) is 15.2. The van der Waals surface area contributed by atoms with Crippen LogP contribution in [0.4, 0.5) is 5.69 Å². The number of nitrogens with one attached hydrogen (secondary N) is 3. The van der Waals surface area contributed by atoms with Gasteiger partial charge in [0, 0.05) is 18.5 Å². The van der Waals surface area contributed by atoms with Crippen LogP contribution in [-0.2, 0) is 9.59 Å². The van der Waals surface area contributed by atoms with Crippen LogP contribution in [0.25, 0.3) is 0 Å². The van der Waals surface area contributed by atoms with Gasteiger partial charge in [0.15, 0.2) is 6.54 Å². The number of rotatable bonds is 5. The number of hydrogen-bond acceptors (Lipinski definition) is 2. The molecule has 0 bridgehead atoms. The van der Waals surface area contributed by atoms with Crippen LogP contribution in [-0.4, -0.2) is 38.0 Å². The lowest BCUT2D eigenvalue weighted by atomic mass is 10.1. The Balaban J connectivity index is 1.76. The van der Waals surface area contributed by atoms with Gasteiger partial charge in [-0.2, -0.15) is 0 Å². The summed E-state index contributed by atoms with van der Waals surface area (Å²) in [6.45, 7) is 6.59. The molecule has 2 rings (SSSR count). The second kappa shape index (κ2) is 7.22. The first-order valence-electron chi connectivity index (χ1n) is 7.52. The molecule has 21 heavy (non-hydrogen) atoms. The fourth-order valence-electron chi connectivity index (χ4n) is 2.60. The number of hydrogen-bond donors (Lipinski definition) is 3. The van der Waals surface area contributed by atoms with E-state index in [4.69, 9.17) is 0 Å². The maximum absolute atomic E-state index is 11.9. The molecular formula is C16H24N3O2+. The highest BCUT2D eigenvalue weighted by molar-refractivity contribution is 5.95. The van der Waals surface area contributed by atoms with Crippen LogP contribution in [0.2, 0.25) is 0 Å². The van der Waals surface area contributed by atoms with Crippen molar-refractivity contribution in [3.63, 3.8) is 0 Å². The molecule has 0 aromatic heterocycles. The third-order valence-corrected chi connectivity index (χ3v) is 4.05. The largest absolute Gasteiger partial charge is 0.342 e. The minimum Gasteiger partial charge on any atom is -0.342 e. The molecule has 2 amide bonds. The summed E-state index contributed by atoms with van der Waals surface area (Å²) in [6.07, 6.45) is 2.38. The number of carbonyl (C=O) groups excluding carboxylic acids is 2. The van der Waals surface area contributed by atoms with E-state index in [9.17, 15) is 9.59 Å². The van der Waals surface area contributed by atoms with Gasteiger partial charge in [-0.3, -0.25) is 9.59 Å². The average Bonchev–Trinajstić information content (AvgIpc) is 2.94. The van der Waals surface area contributed by atoms with Crippen LogP contribution < -0.4 is 15.5 Å². The minimum absolute atomic E-state index is 0.0273. The molecule has 0 aliphatic carbocycles. The van der Waals surface area contributed by atoms with Crippen LogP contribution in [0.15, 0.2) is 18.2 Å². The van der Waals surface area contributed by atoms with E-state index in [1.54, 1.807) is 0 Å². The van der Waals surface area contributed by atoms with Gasteiger partial charge < -0.3 is 15.5 Å². The van der Waals surface area contributed by atoms with Gasteiger partial charge in [0.05, 0.1) is 19.6 Å². The van der Waals surface area contributed by atoms with E-state index < -0.39 is 0 Å². The Bertz CT molecular complexity index is 522. The van der Waals surface area contributed by atoms with Crippen LogP contribution in [0.3, 0.4) is 0 Å². The van der Waals surface area contributed by atoms with Crippen molar-refractivity contribution in [1.29, 1.82) is 0 Å². The lowest BCUT2D eigenvalue weighted by Crippen LogP contribution is -3.11. The molecule has 0 spiro atoms. The minimum atomic E-state index is -0.187. The summed E-state index contributed by atoms with van der Waals surface area (Å²) in [5.41, 5.74) is 2.99. The van der Waals surface area contributed by atoms with Gasteiger partial charge >= 0.3 is 0 Å². The molecule has 0 unspecified atom stereocenters. The van der Waals surface area contributed by atoms with Crippen molar-refractivity contribution < 1.29 is 14.5 Å². The van der Waals surface area contributed by atoms with Gasteiger partial charge in [-0.1, -0.05) is 12.1 Å². The highest BCUT2D eigenvalue weighted by Gasteiger charge is 2.19. The summed E-state index contributed by atoms with van der Waals surface area (Å²) in [5, 5.41) is 5.53. The summed E-state index contributed by atoms with van der Waals surface area (Å²) in [6, 6.07) is 5.79. The average molecular weight is 290 g/mol. The third kappa shape index (κ3) is 4.56. The van der Waals surface area contributed by atoms with Gasteiger partial charge in [0.1, 0.15) is 0 Å². The molecule has 1 fully saturated rings. The van der Waals surface area contributed by atoms with Crippen LogP contribution in [0.1, 0.15) is 24.0 Å². The molecule has 1 aliphatic heterocycles. The second-order valence-corrected chi connectivity index (χ2v) is 5.71. The number of aryl methyl sites for hydroxylation is 1. The smallest absolute Gasteiger partial charge is 0.275 e. The lowest BCUT2D eigenvalue weighted by Gasteiger charge is -2.13. The van der Waals surface area contributed by atoms with Crippen molar-refractivity contribution in [3.05, 3.63) is 29.3 Å². The van der Waals surface area contributed by atoms with Gasteiger partial charge in [0.2, 0.25) is 5.91 Å². The standard InChI is InChI=1S/C16H23N3O2/c1-12-6-5-7-14(13(12)2)18-15(20)10-17-16(21)11-19-8-3-4-9-19/h5-7H,3-4,8-11H2,1-2H3,(H,17,21)(H,18,20)/p+1. The fourth-order valence-corrected chi connectivity index (χ4v) is 2.60. The van der Waals surface area contributed by atoms with E-state index in [1.165, 1.54) is 17.7 Å². The fraction of sp³-hybridized carbons (Fsp3) is 0.500. The predicted octanol–water partition coefficient (Wildman–Crippen LogP) is 0.0368. The quantitative estimate of drug-likeness (QED) is 0.717. The first-order valence-corrected chi connectivity index (χ1v) is 7.52. The third-order valence-electron chi connectivity index (χ3n) is 4.05. The predicted molar refractivity (Wildman–Crippen MR) is 82.4 cm³/mol. The maximum atomic E-state index is 11.9. The summed E-state index contributed by atoms with van der Waals surface area (Å²) >= 11 is 0. The molecule has 0 saturated carbocycles. The summed E-state index contributed by atoms with van der Waals surface area (Å²) in [4.78, 5) is 25.0. The van der Waals surface area contributed by atoms with Gasteiger partial charge in [0.25, 0.3) is 5.91 Å². The number of quaternary nitrogens is 1. The van der Waals surface area contributed by atoms with Crippen molar-refractivity contribution in [2.75, 3.05) is 31.5 Å². The number of benzene rings is 1. The molecular weight excluding hydrogens is 266 g/mol. The zero-order valence-corrected chi connectivity index (χ0v) is 12.8. The van der Waals surface area contributed by atoms with Crippen LogP contribution >= 0.6 is 0 Å². The van der Waals surface area contributed by atoms with E-state index in [0.29, 0.717) is 6.54 Å². The number of amides is 2. The topological polar surface area (TPSA) is 62.6 Å². The molecule has 1 aliphatic rings. The van der Waals surface area contributed by atoms with E-state index in [-0.39, 0.29) is 18.4 Å². The molecule has 1 heterocycles. The molecule has 1 aromatic carbocycles.